The second-order valence-electron chi connectivity index (χ2n) is 15.5. The highest BCUT2D eigenvalue weighted by molar-refractivity contribution is 5.71. The van der Waals surface area contributed by atoms with Crippen molar-refractivity contribution in [2.75, 3.05) is 13.1 Å². The van der Waals surface area contributed by atoms with Gasteiger partial charge in [-0.05, 0) is 57.8 Å². The maximum absolute atomic E-state index is 12.5. The standard InChI is InChI=1S/C36H56N2O4/c1-33(2,3)25-17-19-29(27(23-25)35(7,8)9)41-31(39)37-21-15-13-14-16-22-38-32(40)42-30-20-18-26(34(4,5)6)24-28(30)36(10,11)12/h17-20,23-24H,13-16,21-22H2,1-12H3,(H,37,39)(H,38,40). The summed E-state index contributed by atoms with van der Waals surface area (Å²) in [5.41, 5.74) is 4.21. The fraction of sp³-hybridized carbons (Fsp3) is 0.611. The van der Waals surface area contributed by atoms with E-state index in [-0.39, 0.29) is 21.7 Å². The minimum absolute atomic E-state index is 0.0186. The van der Waals surface area contributed by atoms with Gasteiger partial charge in [0.1, 0.15) is 11.5 Å². The van der Waals surface area contributed by atoms with Gasteiger partial charge in [0, 0.05) is 24.2 Å². The van der Waals surface area contributed by atoms with E-state index in [4.69, 9.17) is 9.47 Å². The summed E-state index contributed by atoms with van der Waals surface area (Å²) in [6, 6.07) is 12.2. The predicted octanol–water partition coefficient (Wildman–Crippen LogP) is 9.31. The lowest BCUT2D eigenvalue weighted by Crippen LogP contribution is -2.29. The summed E-state index contributed by atoms with van der Waals surface area (Å²) in [5.74, 6) is 1.21. The van der Waals surface area contributed by atoms with Crippen LogP contribution in [0.1, 0.15) is 131 Å². The zero-order valence-corrected chi connectivity index (χ0v) is 28.3. The van der Waals surface area contributed by atoms with Gasteiger partial charge in [-0.15, -0.1) is 0 Å². The molecular formula is C36H56N2O4. The van der Waals surface area contributed by atoms with E-state index >= 15 is 0 Å². The minimum atomic E-state index is -0.432. The lowest BCUT2D eigenvalue weighted by atomic mass is 9.80. The van der Waals surface area contributed by atoms with Crippen LogP contribution < -0.4 is 20.1 Å². The van der Waals surface area contributed by atoms with E-state index in [0.717, 1.165) is 36.8 Å². The van der Waals surface area contributed by atoms with Gasteiger partial charge in [0.2, 0.25) is 0 Å². The van der Waals surface area contributed by atoms with E-state index in [0.29, 0.717) is 24.6 Å². The van der Waals surface area contributed by atoms with Crippen molar-refractivity contribution in [2.45, 2.75) is 130 Å². The molecule has 0 fully saturated rings. The molecule has 0 aromatic heterocycles. The van der Waals surface area contributed by atoms with Crippen LogP contribution in [-0.4, -0.2) is 25.3 Å². The predicted molar refractivity (Wildman–Crippen MR) is 174 cm³/mol. The molecule has 0 saturated heterocycles. The summed E-state index contributed by atoms with van der Waals surface area (Å²) in [6.07, 6.45) is 2.69. The van der Waals surface area contributed by atoms with E-state index in [2.05, 4.69) is 106 Å². The third-order valence-corrected chi connectivity index (χ3v) is 7.35. The largest absolute Gasteiger partial charge is 0.412 e. The first-order valence-electron chi connectivity index (χ1n) is 15.4. The van der Waals surface area contributed by atoms with Crippen molar-refractivity contribution in [3.8, 4) is 11.5 Å². The molecule has 2 N–H and O–H groups in total. The Morgan fingerprint density at radius 3 is 1.14 bits per heavy atom. The van der Waals surface area contributed by atoms with Crippen LogP contribution in [0, 0.1) is 0 Å². The number of rotatable bonds is 9. The lowest BCUT2D eigenvalue weighted by molar-refractivity contribution is 0.197. The fourth-order valence-corrected chi connectivity index (χ4v) is 4.60. The minimum Gasteiger partial charge on any atom is -0.410 e. The summed E-state index contributed by atoms with van der Waals surface area (Å²) >= 11 is 0. The van der Waals surface area contributed by atoms with Crippen LogP contribution in [0.4, 0.5) is 9.59 Å². The Hall–Kier alpha value is -3.02. The molecule has 2 aromatic rings. The summed E-state index contributed by atoms with van der Waals surface area (Å²) in [5, 5.41) is 5.74. The average Bonchev–Trinajstić information content (AvgIpc) is 2.83. The van der Waals surface area contributed by atoms with Gasteiger partial charge in [-0.2, -0.15) is 0 Å². The van der Waals surface area contributed by atoms with Crippen molar-refractivity contribution in [1.29, 1.82) is 0 Å². The van der Waals surface area contributed by atoms with Crippen molar-refractivity contribution < 1.29 is 19.1 Å². The van der Waals surface area contributed by atoms with Crippen LogP contribution in [-0.2, 0) is 21.7 Å². The average molecular weight is 581 g/mol. The molecule has 2 rings (SSSR count). The number of ether oxygens (including phenoxy) is 2. The summed E-state index contributed by atoms with van der Waals surface area (Å²) in [4.78, 5) is 25.0. The van der Waals surface area contributed by atoms with Gasteiger partial charge >= 0.3 is 12.2 Å². The first kappa shape index (κ1) is 35.2. The Kier molecular flexibility index (Phi) is 11.7. The van der Waals surface area contributed by atoms with Crippen LogP contribution >= 0.6 is 0 Å². The Balaban J connectivity index is 1.74. The highest BCUT2D eigenvalue weighted by atomic mass is 16.6. The highest BCUT2D eigenvalue weighted by Gasteiger charge is 2.25. The summed E-state index contributed by atoms with van der Waals surface area (Å²) < 4.78 is 11.4. The molecule has 234 valence electrons. The van der Waals surface area contributed by atoms with Crippen LogP contribution in [0.25, 0.3) is 0 Å². The molecule has 2 aromatic carbocycles. The maximum Gasteiger partial charge on any atom is 0.412 e. The number of unbranched alkanes of at least 4 members (excludes halogenated alkanes) is 3. The van der Waals surface area contributed by atoms with E-state index in [1.807, 2.05) is 24.3 Å². The molecule has 0 heterocycles. The van der Waals surface area contributed by atoms with Gasteiger partial charge < -0.3 is 20.1 Å². The summed E-state index contributed by atoms with van der Waals surface area (Å²) in [6.45, 7) is 26.9. The monoisotopic (exact) mass is 580 g/mol. The second-order valence-corrected chi connectivity index (χ2v) is 15.5. The molecule has 2 amide bonds. The zero-order chi connectivity index (χ0) is 31.9. The first-order valence-corrected chi connectivity index (χ1v) is 15.4. The first-order chi connectivity index (χ1) is 19.2. The van der Waals surface area contributed by atoms with Crippen LogP contribution in [0.2, 0.25) is 0 Å². The van der Waals surface area contributed by atoms with Crippen molar-refractivity contribution in [2.24, 2.45) is 0 Å². The van der Waals surface area contributed by atoms with Gasteiger partial charge in [-0.3, -0.25) is 0 Å². The van der Waals surface area contributed by atoms with Crippen molar-refractivity contribution >= 4 is 12.2 Å². The molecule has 0 aliphatic carbocycles. The van der Waals surface area contributed by atoms with Crippen LogP contribution in [0.3, 0.4) is 0 Å². The Bertz CT molecular complexity index is 1110. The van der Waals surface area contributed by atoms with Gasteiger partial charge in [0.25, 0.3) is 0 Å². The molecule has 42 heavy (non-hydrogen) atoms. The Labute approximate surface area is 255 Å². The molecule has 0 aliphatic rings. The van der Waals surface area contributed by atoms with Gasteiger partial charge in [0.15, 0.2) is 0 Å². The molecule has 0 saturated carbocycles. The van der Waals surface area contributed by atoms with Crippen LogP contribution in [0.5, 0.6) is 11.5 Å². The number of nitrogens with one attached hydrogen (secondary N) is 2. The Morgan fingerprint density at radius 2 is 0.857 bits per heavy atom. The summed E-state index contributed by atoms with van der Waals surface area (Å²) in [7, 11) is 0. The maximum atomic E-state index is 12.5. The third-order valence-electron chi connectivity index (χ3n) is 7.35. The van der Waals surface area contributed by atoms with E-state index in [9.17, 15) is 9.59 Å². The smallest absolute Gasteiger partial charge is 0.410 e. The number of carbonyl (C=O) groups excluding carboxylic acids is 2. The van der Waals surface area contributed by atoms with Crippen molar-refractivity contribution in [1.82, 2.24) is 10.6 Å². The fourth-order valence-electron chi connectivity index (χ4n) is 4.60. The number of amides is 2. The normalized spacial score (nSPS) is 12.6. The molecule has 0 spiro atoms. The van der Waals surface area contributed by atoms with E-state index in [1.165, 1.54) is 11.1 Å². The number of benzene rings is 2. The van der Waals surface area contributed by atoms with Crippen LogP contribution in [0.15, 0.2) is 36.4 Å². The molecule has 6 nitrogen and oxygen atoms in total. The molecule has 0 bridgehead atoms. The highest BCUT2D eigenvalue weighted by Crippen LogP contribution is 2.36. The number of hydrogen-bond donors (Lipinski definition) is 2. The molecule has 0 radical (unpaired) electrons. The SMILES string of the molecule is CC(C)(C)c1ccc(OC(=O)NCCCCCCNC(=O)Oc2ccc(C(C)(C)C)cc2C(C)(C)C)c(C(C)(C)C)c1. The third kappa shape index (κ3) is 11.0. The molecule has 0 atom stereocenters. The topological polar surface area (TPSA) is 76.7 Å². The van der Waals surface area contributed by atoms with Gasteiger partial charge in [-0.25, -0.2) is 9.59 Å². The quantitative estimate of drug-likeness (QED) is 0.290. The zero-order valence-electron chi connectivity index (χ0n) is 28.3. The number of hydrogen-bond acceptors (Lipinski definition) is 4. The van der Waals surface area contributed by atoms with E-state index in [1.54, 1.807) is 0 Å². The second kappa shape index (κ2) is 14.0. The van der Waals surface area contributed by atoms with Crippen molar-refractivity contribution in [3.05, 3.63) is 58.7 Å². The molecule has 0 aliphatic heterocycles. The lowest BCUT2D eigenvalue weighted by Gasteiger charge is -2.27. The molecular weight excluding hydrogens is 524 g/mol. The molecule has 0 unspecified atom stereocenters. The van der Waals surface area contributed by atoms with Crippen molar-refractivity contribution in [3.63, 3.8) is 0 Å². The van der Waals surface area contributed by atoms with Gasteiger partial charge in [0.05, 0.1) is 0 Å². The Morgan fingerprint density at radius 1 is 0.524 bits per heavy atom. The van der Waals surface area contributed by atoms with Gasteiger partial charge in [-0.1, -0.05) is 120 Å². The van der Waals surface area contributed by atoms with E-state index < -0.39 is 12.2 Å². The number of carbonyl (C=O) groups is 2. The molecule has 6 heteroatoms.